The predicted octanol–water partition coefficient (Wildman–Crippen LogP) is 5.46. The van der Waals surface area contributed by atoms with E-state index in [0.29, 0.717) is 29.4 Å². The Balaban J connectivity index is 1.50. The number of benzene rings is 1. The number of anilines is 2. The van der Waals surface area contributed by atoms with Gasteiger partial charge in [0.25, 0.3) is 5.91 Å². The van der Waals surface area contributed by atoms with Gasteiger partial charge in [-0.05, 0) is 65.2 Å². The van der Waals surface area contributed by atoms with Crippen LogP contribution < -0.4 is 10.6 Å². The monoisotopic (exact) mass is 601 g/mol. The molecule has 2 aromatic heterocycles. The summed E-state index contributed by atoms with van der Waals surface area (Å²) in [6.07, 6.45) is 6.40. The van der Waals surface area contributed by atoms with Crippen LogP contribution in [-0.4, -0.2) is 82.6 Å². The van der Waals surface area contributed by atoms with Crippen molar-refractivity contribution >= 4 is 40.7 Å². The lowest BCUT2D eigenvalue weighted by atomic mass is 9.94. The number of hydrogen-bond acceptors (Lipinski definition) is 7. The molecule has 3 amide bonds. The zero-order chi connectivity index (χ0) is 30.4. The van der Waals surface area contributed by atoms with E-state index in [1.165, 1.54) is 24.5 Å². The Morgan fingerprint density at radius 3 is 2.69 bits per heavy atom. The minimum atomic E-state index is -1.92. The molecule has 224 valence electrons. The fraction of sp³-hybridized carbons (Fsp3) is 0.379. The number of aromatic nitrogens is 3. The molecule has 3 aromatic rings. The van der Waals surface area contributed by atoms with Crippen molar-refractivity contribution in [3.63, 3.8) is 0 Å². The minimum absolute atomic E-state index is 0.111. The average molecular weight is 602 g/mol. The summed E-state index contributed by atoms with van der Waals surface area (Å²) >= 11 is 6.48. The smallest absolute Gasteiger partial charge is 0.324 e. The Morgan fingerprint density at radius 1 is 1.21 bits per heavy atom. The van der Waals surface area contributed by atoms with Crippen LogP contribution in [0.25, 0.3) is 5.65 Å². The number of imide groups is 1. The minimum Gasteiger partial charge on any atom is -0.491 e. The maximum absolute atomic E-state index is 15.0. The van der Waals surface area contributed by atoms with E-state index < -0.39 is 29.9 Å². The molecule has 2 heterocycles. The van der Waals surface area contributed by atoms with Crippen LogP contribution in [0.3, 0.4) is 0 Å². The standard InChI is InChI=1S/C29H34ClF2N7O3/c1-5-38(29(41)34-12-7-14-37(3)4)28(40)19-9-8-18(16-21(19)30)36-26-27-35-17-22(39(27)15-13-33-26)20-10-11-23(42-6-2)25(32)24(20)31/h8-11,13,15-17,20,24H,5-7,12,14H2,1-4H3,(H,33,36)(H,34,41). The molecule has 1 aromatic carbocycles. The van der Waals surface area contributed by atoms with Crippen LogP contribution in [0.2, 0.25) is 5.02 Å². The Labute approximate surface area is 248 Å². The van der Waals surface area contributed by atoms with Gasteiger partial charge in [-0.25, -0.2) is 23.5 Å². The highest BCUT2D eigenvalue weighted by atomic mass is 35.5. The first-order valence-electron chi connectivity index (χ1n) is 13.6. The highest BCUT2D eigenvalue weighted by molar-refractivity contribution is 6.34. The lowest BCUT2D eigenvalue weighted by molar-refractivity contribution is 0.0807. The van der Waals surface area contributed by atoms with E-state index in [-0.39, 0.29) is 29.5 Å². The maximum atomic E-state index is 15.0. The third-order valence-corrected chi connectivity index (χ3v) is 6.99. The number of amides is 3. The summed E-state index contributed by atoms with van der Waals surface area (Å²) in [7, 11) is 3.89. The molecular weight excluding hydrogens is 568 g/mol. The molecule has 0 radical (unpaired) electrons. The Morgan fingerprint density at radius 2 is 2.00 bits per heavy atom. The van der Waals surface area contributed by atoms with E-state index in [4.69, 9.17) is 16.3 Å². The quantitative estimate of drug-likeness (QED) is 0.281. The van der Waals surface area contributed by atoms with Crippen molar-refractivity contribution in [1.82, 2.24) is 29.5 Å². The number of carbonyl (C=O) groups excluding carboxylic acids is 2. The van der Waals surface area contributed by atoms with Crippen molar-refractivity contribution in [2.45, 2.75) is 32.4 Å². The van der Waals surface area contributed by atoms with Crippen molar-refractivity contribution in [3.05, 3.63) is 76.8 Å². The Kier molecular flexibility index (Phi) is 10.1. The molecule has 1 aliphatic carbocycles. The summed E-state index contributed by atoms with van der Waals surface area (Å²) in [5.74, 6) is -2.16. The number of ether oxygens (including phenoxy) is 1. The van der Waals surface area contributed by atoms with Crippen LogP contribution in [0, 0.1) is 0 Å². The van der Waals surface area contributed by atoms with Crippen molar-refractivity contribution in [3.8, 4) is 0 Å². The maximum Gasteiger partial charge on any atom is 0.324 e. The number of nitrogens with zero attached hydrogens (tertiary/aromatic N) is 5. The average Bonchev–Trinajstić information content (AvgIpc) is 3.39. The number of nitrogens with one attached hydrogen (secondary N) is 2. The molecule has 2 unspecified atom stereocenters. The summed E-state index contributed by atoms with van der Waals surface area (Å²) < 4.78 is 36.4. The van der Waals surface area contributed by atoms with E-state index >= 15 is 4.39 Å². The molecule has 0 fully saturated rings. The van der Waals surface area contributed by atoms with Gasteiger partial charge in [-0.1, -0.05) is 17.7 Å². The van der Waals surface area contributed by atoms with Crippen LogP contribution in [-0.2, 0) is 4.74 Å². The molecule has 4 rings (SSSR count). The number of fused-ring (bicyclic) bond motifs is 1. The van der Waals surface area contributed by atoms with Gasteiger partial charge < -0.3 is 20.3 Å². The van der Waals surface area contributed by atoms with E-state index in [9.17, 15) is 14.0 Å². The molecule has 0 spiro atoms. The van der Waals surface area contributed by atoms with E-state index in [1.807, 2.05) is 19.0 Å². The van der Waals surface area contributed by atoms with Crippen LogP contribution in [0.1, 0.15) is 42.2 Å². The largest absolute Gasteiger partial charge is 0.491 e. The summed E-state index contributed by atoms with van der Waals surface area (Å²) in [5, 5.41) is 6.03. The summed E-state index contributed by atoms with van der Waals surface area (Å²) in [4.78, 5) is 37.6. The number of rotatable bonds is 11. The normalized spacial score (nSPS) is 16.7. The number of allylic oxidation sites excluding steroid dienone is 3. The molecule has 1 aliphatic rings. The van der Waals surface area contributed by atoms with E-state index in [0.717, 1.165) is 17.9 Å². The molecule has 2 atom stereocenters. The van der Waals surface area contributed by atoms with Crippen molar-refractivity contribution in [2.24, 2.45) is 0 Å². The molecule has 2 N–H and O–H groups in total. The zero-order valence-corrected chi connectivity index (χ0v) is 24.7. The van der Waals surface area contributed by atoms with Crippen molar-refractivity contribution in [2.75, 3.05) is 45.7 Å². The van der Waals surface area contributed by atoms with Gasteiger partial charge in [0.15, 0.2) is 29.2 Å². The van der Waals surface area contributed by atoms with Crippen LogP contribution in [0.5, 0.6) is 0 Å². The second-order valence-corrected chi connectivity index (χ2v) is 10.2. The van der Waals surface area contributed by atoms with Gasteiger partial charge in [-0.15, -0.1) is 0 Å². The SMILES string of the molecule is CCOC1=C(F)C(F)C(c2cnc3c(Nc4ccc(C(=O)N(CC)C(=O)NCCCN(C)C)c(Cl)c4)nccn23)C=C1. The van der Waals surface area contributed by atoms with Crippen molar-refractivity contribution in [1.29, 1.82) is 0 Å². The van der Waals surface area contributed by atoms with E-state index in [2.05, 4.69) is 20.6 Å². The number of urea groups is 1. The molecule has 0 bridgehead atoms. The Hall–Kier alpha value is -4.03. The van der Waals surface area contributed by atoms with Gasteiger partial charge in [0.1, 0.15) is 0 Å². The number of alkyl halides is 1. The highest BCUT2D eigenvalue weighted by Gasteiger charge is 2.33. The van der Waals surface area contributed by atoms with E-state index in [1.54, 1.807) is 42.7 Å². The van der Waals surface area contributed by atoms with Crippen LogP contribution in [0.4, 0.5) is 25.1 Å². The molecule has 0 aliphatic heterocycles. The summed E-state index contributed by atoms with van der Waals surface area (Å²) in [5.41, 5.74) is 1.49. The molecule has 10 nitrogen and oxygen atoms in total. The summed E-state index contributed by atoms with van der Waals surface area (Å²) in [6.45, 7) is 5.06. The Bertz CT molecular complexity index is 1510. The lowest BCUT2D eigenvalue weighted by Gasteiger charge is -2.22. The molecule has 42 heavy (non-hydrogen) atoms. The first-order valence-corrected chi connectivity index (χ1v) is 14.0. The van der Waals surface area contributed by atoms with Gasteiger partial charge in [0, 0.05) is 31.2 Å². The van der Waals surface area contributed by atoms with Gasteiger partial charge in [-0.3, -0.25) is 14.1 Å². The van der Waals surface area contributed by atoms with Gasteiger partial charge in [-0.2, -0.15) is 0 Å². The highest BCUT2D eigenvalue weighted by Crippen LogP contribution is 2.36. The zero-order valence-electron chi connectivity index (χ0n) is 23.9. The number of hydrogen-bond donors (Lipinski definition) is 2. The third kappa shape index (κ3) is 6.71. The first-order chi connectivity index (χ1) is 20.2. The fourth-order valence-corrected chi connectivity index (χ4v) is 4.83. The fourth-order valence-electron chi connectivity index (χ4n) is 4.57. The second-order valence-electron chi connectivity index (χ2n) is 9.84. The second kappa shape index (κ2) is 13.8. The number of halogens is 3. The van der Waals surface area contributed by atoms with Crippen LogP contribution in [0.15, 0.2) is 60.5 Å². The van der Waals surface area contributed by atoms with Crippen molar-refractivity contribution < 1.29 is 23.1 Å². The number of imidazole rings is 1. The molecule has 0 saturated carbocycles. The van der Waals surface area contributed by atoms with Gasteiger partial charge >= 0.3 is 6.03 Å². The predicted molar refractivity (Wildman–Crippen MR) is 158 cm³/mol. The molecule has 0 saturated heterocycles. The lowest BCUT2D eigenvalue weighted by Crippen LogP contribution is -2.44. The third-order valence-electron chi connectivity index (χ3n) is 6.67. The summed E-state index contributed by atoms with van der Waals surface area (Å²) in [6, 6.07) is 4.22. The number of carbonyl (C=O) groups is 2. The molecular formula is C29H34ClF2N7O3. The van der Waals surface area contributed by atoms with Crippen LogP contribution >= 0.6 is 11.6 Å². The van der Waals surface area contributed by atoms with Gasteiger partial charge in [0.2, 0.25) is 0 Å². The molecule has 13 heteroatoms. The van der Waals surface area contributed by atoms with Gasteiger partial charge in [0.05, 0.1) is 35.0 Å². The first kappa shape index (κ1) is 30.9. The topological polar surface area (TPSA) is 104 Å².